The molecule has 0 saturated carbocycles. The average molecular weight is 574 g/mol. The summed E-state index contributed by atoms with van der Waals surface area (Å²) in [6, 6.07) is 17.1. The van der Waals surface area contributed by atoms with Crippen molar-refractivity contribution < 1.29 is 22.4 Å². The van der Waals surface area contributed by atoms with Crippen LogP contribution < -0.4 is 9.62 Å². The lowest BCUT2D eigenvalue weighted by molar-refractivity contribution is -0.140. The summed E-state index contributed by atoms with van der Waals surface area (Å²) in [6.45, 7) is 6.59. The van der Waals surface area contributed by atoms with Crippen molar-refractivity contribution in [3.8, 4) is 0 Å². The molecule has 7 nitrogen and oxygen atoms in total. The van der Waals surface area contributed by atoms with Gasteiger partial charge in [-0.1, -0.05) is 54.9 Å². The zero-order valence-electron chi connectivity index (χ0n) is 22.4. The summed E-state index contributed by atoms with van der Waals surface area (Å²) in [5.41, 5.74) is 1.55. The molecular formula is C29H33ClFN3O4S. The van der Waals surface area contributed by atoms with Crippen LogP contribution in [0.2, 0.25) is 5.02 Å². The quantitative estimate of drug-likeness (QED) is 0.337. The van der Waals surface area contributed by atoms with Crippen LogP contribution in [0.1, 0.15) is 38.3 Å². The first-order chi connectivity index (χ1) is 18.4. The zero-order valence-corrected chi connectivity index (χ0v) is 24.0. The van der Waals surface area contributed by atoms with Gasteiger partial charge in [-0.2, -0.15) is 0 Å². The Labute approximate surface area is 234 Å². The van der Waals surface area contributed by atoms with Gasteiger partial charge < -0.3 is 10.2 Å². The van der Waals surface area contributed by atoms with E-state index in [0.717, 1.165) is 9.87 Å². The highest BCUT2D eigenvalue weighted by Gasteiger charge is 2.34. The number of benzene rings is 3. The molecule has 0 radical (unpaired) electrons. The Hall–Kier alpha value is -3.43. The van der Waals surface area contributed by atoms with Crippen LogP contribution in [0.3, 0.4) is 0 Å². The van der Waals surface area contributed by atoms with Gasteiger partial charge in [0.15, 0.2) is 0 Å². The summed E-state index contributed by atoms with van der Waals surface area (Å²) in [7, 11) is -4.19. The molecule has 10 heteroatoms. The highest BCUT2D eigenvalue weighted by molar-refractivity contribution is 7.92. The highest BCUT2D eigenvalue weighted by atomic mass is 35.5. The number of hydrogen-bond acceptors (Lipinski definition) is 4. The first kappa shape index (κ1) is 30.1. The molecule has 1 N–H and O–H groups in total. The lowest BCUT2D eigenvalue weighted by atomic mass is 10.1. The molecule has 0 aliphatic rings. The van der Waals surface area contributed by atoms with Gasteiger partial charge in [-0.05, 0) is 74.7 Å². The lowest BCUT2D eigenvalue weighted by Gasteiger charge is -2.33. The second-order valence-electron chi connectivity index (χ2n) is 9.49. The van der Waals surface area contributed by atoms with Crippen molar-refractivity contribution in [2.75, 3.05) is 10.8 Å². The van der Waals surface area contributed by atoms with Gasteiger partial charge in [-0.15, -0.1) is 0 Å². The van der Waals surface area contributed by atoms with E-state index in [-0.39, 0.29) is 35.5 Å². The number of aryl methyl sites for hydroxylation is 1. The molecule has 2 amide bonds. The van der Waals surface area contributed by atoms with E-state index < -0.39 is 34.3 Å². The first-order valence-electron chi connectivity index (χ1n) is 12.6. The van der Waals surface area contributed by atoms with Crippen molar-refractivity contribution in [2.45, 2.75) is 57.6 Å². The number of amides is 2. The third-order valence-electron chi connectivity index (χ3n) is 6.14. The molecule has 0 unspecified atom stereocenters. The summed E-state index contributed by atoms with van der Waals surface area (Å²) >= 11 is 6.34. The molecule has 0 bridgehead atoms. The summed E-state index contributed by atoms with van der Waals surface area (Å²) < 4.78 is 42.1. The average Bonchev–Trinajstić information content (AvgIpc) is 2.90. The largest absolute Gasteiger partial charge is 0.352 e. The Morgan fingerprint density at radius 3 is 2.21 bits per heavy atom. The van der Waals surface area contributed by atoms with Crippen LogP contribution in [0.5, 0.6) is 0 Å². The lowest BCUT2D eigenvalue weighted by Crippen LogP contribution is -2.53. The van der Waals surface area contributed by atoms with Crippen molar-refractivity contribution >= 4 is 39.1 Å². The van der Waals surface area contributed by atoms with Crippen molar-refractivity contribution in [2.24, 2.45) is 0 Å². The fourth-order valence-corrected chi connectivity index (χ4v) is 5.67. The van der Waals surface area contributed by atoms with E-state index in [0.29, 0.717) is 10.6 Å². The van der Waals surface area contributed by atoms with Crippen LogP contribution in [0, 0.1) is 12.7 Å². The van der Waals surface area contributed by atoms with Gasteiger partial charge in [0.2, 0.25) is 11.8 Å². The molecule has 3 rings (SSSR count). The molecule has 208 valence electrons. The topological polar surface area (TPSA) is 86.8 Å². The van der Waals surface area contributed by atoms with Gasteiger partial charge in [-0.25, -0.2) is 12.8 Å². The van der Waals surface area contributed by atoms with Crippen molar-refractivity contribution in [3.63, 3.8) is 0 Å². The van der Waals surface area contributed by atoms with E-state index in [1.165, 1.54) is 47.4 Å². The normalized spacial score (nSPS) is 12.2. The smallest absolute Gasteiger partial charge is 0.264 e. The molecule has 39 heavy (non-hydrogen) atoms. The predicted octanol–water partition coefficient (Wildman–Crippen LogP) is 5.31. The fourth-order valence-electron chi connectivity index (χ4n) is 4.07. The van der Waals surface area contributed by atoms with E-state index in [4.69, 9.17) is 11.6 Å². The summed E-state index contributed by atoms with van der Waals surface area (Å²) in [6.07, 6.45) is 0.285. The number of carbonyl (C=O) groups excluding carboxylic acids is 2. The SMILES string of the molecule is CC[C@@H](C(=O)NC(C)C)N(Cc1ccc(F)cc1)C(=O)CN(c1ccc(C)c(Cl)c1)S(=O)(=O)c1ccccc1. The van der Waals surface area contributed by atoms with Crippen molar-refractivity contribution in [1.82, 2.24) is 10.2 Å². The van der Waals surface area contributed by atoms with Gasteiger partial charge in [-0.3, -0.25) is 13.9 Å². The number of hydrogen-bond donors (Lipinski definition) is 1. The van der Waals surface area contributed by atoms with Gasteiger partial charge in [0.25, 0.3) is 10.0 Å². The monoisotopic (exact) mass is 573 g/mol. The van der Waals surface area contributed by atoms with E-state index >= 15 is 0 Å². The Morgan fingerprint density at radius 2 is 1.64 bits per heavy atom. The third-order valence-corrected chi connectivity index (χ3v) is 8.33. The van der Waals surface area contributed by atoms with Gasteiger partial charge in [0.1, 0.15) is 18.4 Å². The minimum atomic E-state index is -4.19. The van der Waals surface area contributed by atoms with Crippen LogP contribution in [-0.2, 0) is 26.2 Å². The highest BCUT2D eigenvalue weighted by Crippen LogP contribution is 2.28. The fraction of sp³-hybridized carbons (Fsp3) is 0.310. The number of halogens is 2. The van der Waals surface area contributed by atoms with Gasteiger partial charge >= 0.3 is 0 Å². The van der Waals surface area contributed by atoms with Crippen LogP contribution >= 0.6 is 11.6 Å². The standard InChI is InChI=1S/C29H33ClFN3O4S/c1-5-27(29(36)32-20(2)3)33(18-22-12-14-23(31)15-13-22)28(35)19-34(24-16-11-21(4)26(30)17-24)39(37,38)25-9-7-6-8-10-25/h6-17,20,27H,5,18-19H2,1-4H3,(H,32,36)/t27-/m0/s1. The van der Waals surface area contributed by atoms with Crippen molar-refractivity contribution in [3.05, 3.63) is 94.8 Å². The first-order valence-corrected chi connectivity index (χ1v) is 14.4. The van der Waals surface area contributed by atoms with E-state index in [1.807, 2.05) is 13.8 Å². The van der Waals surface area contributed by atoms with Crippen LogP contribution in [0.25, 0.3) is 0 Å². The van der Waals surface area contributed by atoms with E-state index in [2.05, 4.69) is 5.32 Å². The number of sulfonamides is 1. The molecule has 0 aromatic heterocycles. The molecule has 3 aromatic rings. The molecule has 0 aliphatic carbocycles. The Balaban J connectivity index is 2.07. The molecule has 1 atom stereocenters. The third kappa shape index (κ3) is 7.58. The van der Waals surface area contributed by atoms with Crippen LogP contribution in [0.4, 0.5) is 10.1 Å². The maximum Gasteiger partial charge on any atom is 0.264 e. The number of carbonyl (C=O) groups is 2. The van der Waals surface area contributed by atoms with Crippen LogP contribution in [-0.4, -0.2) is 43.8 Å². The Bertz CT molecular complexity index is 1400. The molecule has 0 spiro atoms. The summed E-state index contributed by atoms with van der Waals surface area (Å²) in [4.78, 5) is 28.4. The van der Waals surface area contributed by atoms with Crippen LogP contribution in [0.15, 0.2) is 77.7 Å². The Morgan fingerprint density at radius 1 is 1.00 bits per heavy atom. The number of nitrogens with one attached hydrogen (secondary N) is 1. The van der Waals surface area contributed by atoms with Gasteiger partial charge in [0.05, 0.1) is 10.6 Å². The maximum absolute atomic E-state index is 14.0. The predicted molar refractivity (Wildman–Crippen MR) is 151 cm³/mol. The van der Waals surface area contributed by atoms with E-state index in [1.54, 1.807) is 44.2 Å². The maximum atomic E-state index is 14.0. The second kappa shape index (κ2) is 13.1. The molecular weight excluding hydrogens is 541 g/mol. The second-order valence-corrected chi connectivity index (χ2v) is 11.8. The van der Waals surface area contributed by atoms with Gasteiger partial charge in [0, 0.05) is 17.6 Å². The number of rotatable bonds is 11. The summed E-state index contributed by atoms with van der Waals surface area (Å²) in [5, 5.41) is 3.18. The molecule has 3 aromatic carbocycles. The Kier molecular flexibility index (Phi) is 10.1. The van der Waals surface area contributed by atoms with Crippen molar-refractivity contribution in [1.29, 1.82) is 0 Å². The molecule has 0 fully saturated rings. The number of nitrogens with zero attached hydrogens (tertiary/aromatic N) is 2. The molecule has 0 heterocycles. The summed E-state index contributed by atoms with van der Waals surface area (Å²) in [5.74, 6) is -1.39. The van der Waals surface area contributed by atoms with E-state index in [9.17, 15) is 22.4 Å². The minimum absolute atomic E-state index is 0.00387. The molecule has 0 aliphatic heterocycles. The minimum Gasteiger partial charge on any atom is -0.352 e. The zero-order chi connectivity index (χ0) is 28.7. The number of anilines is 1. The molecule has 0 saturated heterocycles.